The number of carbonyl (C=O) groups excluding carboxylic acids is 1. The molecule has 0 aliphatic heterocycles. The van der Waals surface area contributed by atoms with Crippen LogP contribution in [0.25, 0.3) is 42.3 Å². The Morgan fingerprint density at radius 1 is 0.830 bits per heavy atom. The van der Waals surface area contributed by atoms with Crippen LogP contribution in [-0.4, -0.2) is 34.1 Å². The van der Waals surface area contributed by atoms with E-state index in [1.807, 2.05) is 39.0 Å². The molecule has 2 aromatic heterocycles. The Morgan fingerprint density at radius 2 is 1.42 bits per heavy atom. The molecule has 4 nitrogen and oxygen atoms in total. The van der Waals surface area contributed by atoms with Gasteiger partial charge in [0.2, 0.25) is 0 Å². The maximum Gasteiger partial charge on any atom is 0 e. The SMILES string of the molecule is CCC(CC)C(=O)/C=C(\O)C(CC)CC.C[CH](C)[Ge]([c]1cc(-c2ncnc3c2sc2cc(C(C)(C)C)ccc23)[c-]c2ccccc12)([CH](C)C)[CH](C)C.[Ir]. The van der Waals surface area contributed by atoms with E-state index in [0.717, 1.165) is 47.2 Å². The number of aromatic nitrogens is 2. The second-order valence-electron chi connectivity index (χ2n) is 16.5. The van der Waals surface area contributed by atoms with E-state index in [0.29, 0.717) is 14.3 Å². The van der Waals surface area contributed by atoms with E-state index in [4.69, 9.17) is 9.97 Å². The second kappa shape index (κ2) is 19.0. The van der Waals surface area contributed by atoms with Crippen molar-refractivity contribution in [2.24, 2.45) is 11.8 Å². The first-order chi connectivity index (χ1) is 24.6. The molecule has 289 valence electrons. The largest absolute Gasteiger partial charge is 0 e. The monoisotopic (exact) mass is 974 g/mol. The van der Waals surface area contributed by atoms with Gasteiger partial charge in [-0.15, -0.1) is 0 Å². The first kappa shape index (κ1) is 45.0. The minimum Gasteiger partial charge on any atom is 0 e. The van der Waals surface area contributed by atoms with Crippen LogP contribution in [0.2, 0.25) is 14.3 Å². The molecule has 53 heavy (non-hydrogen) atoms. The van der Waals surface area contributed by atoms with Gasteiger partial charge in [0.05, 0.1) is 5.76 Å². The fourth-order valence-electron chi connectivity index (χ4n) is 8.66. The van der Waals surface area contributed by atoms with Crippen molar-refractivity contribution in [2.75, 3.05) is 0 Å². The molecule has 0 fully saturated rings. The van der Waals surface area contributed by atoms with Gasteiger partial charge >= 0.3 is 230 Å². The van der Waals surface area contributed by atoms with Gasteiger partial charge in [0, 0.05) is 38.0 Å². The van der Waals surface area contributed by atoms with Gasteiger partial charge in [-0.05, 0) is 25.7 Å². The Kier molecular flexibility index (Phi) is 16.1. The van der Waals surface area contributed by atoms with Crippen LogP contribution in [0.15, 0.2) is 66.7 Å². The van der Waals surface area contributed by atoms with Crippen molar-refractivity contribution < 1.29 is 30.0 Å². The van der Waals surface area contributed by atoms with Crippen LogP contribution in [0.4, 0.5) is 0 Å². The number of benzene rings is 3. The molecule has 1 N–H and O–H groups in total. The van der Waals surface area contributed by atoms with Gasteiger partial charge in [-0.25, -0.2) is 0 Å². The Bertz CT molecular complexity index is 1990. The van der Waals surface area contributed by atoms with Crippen molar-refractivity contribution in [3.05, 3.63) is 78.3 Å². The van der Waals surface area contributed by atoms with Crippen LogP contribution < -0.4 is 4.40 Å². The maximum atomic E-state index is 11.7. The van der Waals surface area contributed by atoms with Gasteiger partial charge in [0.15, 0.2) is 5.78 Å². The number of nitrogens with zero attached hydrogens (tertiary/aromatic N) is 2. The number of fused-ring (bicyclic) bond motifs is 4. The Labute approximate surface area is 340 Å². The summed E-state index contributed by atoms with van der Waals surface area (Å²) in [6.07, 6.45) is 6.65. The zero-order valence-electron chi connectivity index (χ0n) is 34.5. The van der Waals surface area contributed by atoms with Crippen LogP contribution in [0.1, 0.15) is 121 Å². The maximum absolute atomic E-state index is 11.7. The van der Waals surface area contributed by atoms with Crippen LogP contribution in [0.5, 0.6) is 0 Å². The summed E-state index contributed by atoms with van der Waals surface area (Å²) in [6.45, 7) is 29.7. The molecule has 0 atom stereocenters. The predicted octanol–water partition coefficient (Wildman–Crippen LogP) is 13.5. The van der Waals surface area contributed by atoms with Gasteiger partial charge < -0.3 is 5.11 Å². The van der Waals surface area contributed by atoms with Crippen LogP contribution in [0, 0.1) is 17.9 Å². The Morgan fingerprint density at radius 3 is 1.96 bits per heavy atom. The second-order valence-corrected chi connectivity index (χ2v) is 29.9. The van der Waals surface area contributed by atoms with E-state index >= 15 is 0 Å². The summed E-state index contributed by atoms with van der Waals surface area (Å²) in [5, 5.41) is 13.6. The summed E-state index contributed by atoms with van der Waals surface area (Å²) in [5.41, 5.74) is 4.64. The summed E-state index contributed by atoms with van der Waals surface area (Å²) in [6, 6.07) is 22.0. The molecule has 0 aliphatic rings. The minimum absolute atomic E-state index is 0. The summed E-state index contributed by atoms with van der Waals surface area (Å²) >= 11 is -0.780. The van der Waals surface area contributed by atoms with Gasteiger partial charge in [0.25, 0.3) is 0 Å². The third-order valence-corrected chi connectivity index (χ3v) is 27.6. The molecular weight excluding hydrogens is 909 g/mol. The average molecular weight is 973 g/mol. The molecule has 3 aromatic carbocycles. The number of thiophene rings is 1. The number of aliphatic hydroxyl groups excluding tert-OH is 1. The van der Waals surface area contributed by atoms with Gasteiger partial charge in [0.1, 0.15) is 0 Å². The van der Waals surface area contributed by atoms with Gasteiger partial charge in [-0.3, -0.25) is 4.79 Å². The normalized spacial score (nSPS) is 12.8. The smallest absolute Gasteiger partial charge is 0 e. The first-order valence-corrected chi connectivity index (χ1v) is 25.1. The third-order valence-electron chi connectivity index (χ3n) is 11.6. The van der Waals surface area contributed by atoms with Crippen molar-refractivity contribution in [1.82, 2.24) is 9.97 Å². The predicted molar refractivity (Wildman–Crippen MR) is 230 cm³/mol. The van der Waals surface area contributed by atoms with Crippen molar-refractivity contribution >= 4 is 65.9 Å². The molecule has 0 unspecified atom stereocenters. The third kappa shape index (κ3) is 9.36. The van der Waals surface area contributed by atoms with E-state index in [1.54, 1.807) is 10.7 Å². The molecule has 2 heterocycles. The van der Waals surface area contributed by atoms with E-state index in [1.165, 1.54) is 32.5 Å². The Balaban J connectivity index is 0.000000403. The molecule has 5 rings (SSSR count). The van der Waals surface area contributed by atoms with E-state index < -0.39 is 13.3 Å². The molecule has 7 heteroatoms. The average Bonchev–Trinajstić information content (AvgIpc) is 3.47. The standard InChI is InChI=1S/C33H39GeN2S.C13H24O2.Ir/c1-20(2)34(21(3)4,22(5)6)28-17-24(16-23-12-10-11-13-26(23)28)30-32-31(36-19-35-30)27-15-14-25(33(7,8)9)18-29(27)37-32;1-5-10(6-2)12(14)9-13(15)11(7-3)8-4;/h10-15,17-22H,1-9H3;9-11,14H,5-8H2,1-4H3;/q-1;;/b;12-9-;. The van der Waals surface area contributed by atoms with E-state index in [9.17, 15) is 9.90 Å². The molecule has 0 amide bonds. The summed E-state index contributed by atoms with van der Waals surface area (Å²) < 4.78 is 6.06. The molecular formula is C46H63GeIrN2O2S-. The summed E-state index contributed by atoms with van der Waals surface area (Å²) in [7, 11) is 0. The molecule has 0 bridgehead atoms. The number of allylic oxidation sites excluding steroid dienone is 2. The van der Waals surface area contributed by atoms with Crippen molar-refractivity contribution in [1.29, 1.82) is 0 Å². The molecule has 5 aromatic rings. The number of ketones is 1. The number of aliphatic hydroxyl groups is 1. The molecule has 0 spiro atoms. The van der Waals surface area contributed by atoms with Crippen LogP contribution in [-0.2, 0) is 30.3 Å². The topological polar surface area (TPSA) is 63.1 Å². The molecule has 1 radical (unpaired) electrons. The van der Waals surface area contributed by atoms with Crippen LogP contribution >= 0.6 is 11.3 Å². The molecule has 0 saturated heterocycles. The number of carbonyl (C=O) groups is 1. The van der Waals surface area contributed by atoms with Crippen molar-refractivity contribution in [3.63, 3.8) is 0 Å². The van der Waals surface area contributed by atoms with Crippen molar-refractivity contribution in [2.45, 2.75) is 135 Å². The van der Waals surface area contributed by atoms with E-state index in [2.05, 4.69) is 117 Å². The fourth-order valence-corrected chi connectivity index (χ4v) is 24.4. The minimum atomic E-state index is -2.60. The molecule has 0 aliphatic carbocycles. The zero-order chi connectivity index (χ0) is 38.5. The van der Waals surface area contributed by atoms with Gasteiger partial charge in [-0.1, -0.05) is 27.7 Å². The zero-order valence-corrected chi connectivity index (χ0v) is 39.8. The molecule has 0 saturated carbocycles. The van der Waals surface area contributed by atoms with Crippen LogP contribution in [0.3, 0.4) is 0 Å². The summed E-state index contributed by atoms with van der Waals surface area (Å²) in [4.78, 5) is 21.4. The fraction of sp³-hybridized carbons (Fsp3) is 0.500. The quantitative estimate of drug-likeness (QED) is 0.0586. The number of hydrogen-bond donors (Lipinski definition) is 1. The first-order valence-electron chi connectivity index (χ1n) is 19.6. The summed E-state index contributed by atoms with van der Waals surface area (Å²) in [5.74, 6) is 0.547. The number of rotatable bonds is 12. The Hall–Kier alpha value is -2.38. The van der Waals surface area contributed by atoms with Gasteiger partial charge in [-0.2, -0.15) is 0 Å². The number of hydrogen-bond acceptors (Lipinski definition) is 5. The van der Waals surface area contributed by atoms with Crippen molar-refractivity contribution in [3.8, 4) is 11.3 Å². The van der Waals surface area contributed by atoms with E-state index in [-0.39, 0.29) is 48.9 Å².